The summed E-state index contributed by atoms with van der Waals surface area (Å²) in [6, 6.07) is 9.36. The Kier molecular flexibility index (Phi) is 6.07. The minimum absolute atomic E-state index is 0.0956. The largest absolute Gasteiger partial charge is 0.497 e. The topological polar surface area (TPSA) is 81.4 Å². The first-order valence-corrected chi connectivity index (χ1v) is 10.3. The molecule has 0 aliphatic carbocycles. The second kappa shape index (κ2) is 9.07. The van der Waals surface area contributed by atoms with Gasteiger partial charge in [0, 0.05) is 37.5 Å². The molecule has 1 amide bonds. The van der Waals surface area contributed by atoms with Crippen LogP contribution in [-0.2, 0) is 6.42 Å². The van der Waals surface area contributed by atoms with Crippen molar-refractivity contribution in [3.8, 4) is 17.2 Å². The number of hydrogen-bond donors (Lipinski definition) is 0. The number of nitrogens with zero attached hydrogens (tertiary/aromatic N) is 4. The van der Waals surface area contributed by atoms with E-state index in [4.69, 9.17) is 9.26 Å². The fourth-order valence-corrected chi connectivity index (χ4v) is 3.95. The highest BCUT2D eigenvalue weighted by Gasteiger charge is 2.25. The molecule has 3 aromatic rings. The number of carbonyl (C=O) groups is 1. The highest BCUT2D eigenvalue weighted by Crippen LogP contribution is 2.25. The molecule has 7 heteroatoms. The van der Waals surface area contributed by atoms with Crippen LogP contribution in [0.5, 0.6) is 5.75 Å². The molecule has 0 N–H and O–H groups in total. The zero-order valence-corrected chi connectivity index (χ0v) is 17.4. The number of piperidine rings is 1. The van der Waals surface area contributed by atoms with E-state index in [-0.39, 0.29) is 5.91 Å². The maximum absolute atomic E-state index is 13.0. The molecule has 1 saturated heterocycles. The third kappa shape index (κ3) is 4.50. The Bertz CT molecular complexity index is 1000. The van der Waals surface area contributed by atoms with Gasteiger partial charge in [0.15, 0.2) is 5.82 Å². The summed E-state index contributed by atoms with van der Waals surface area (Å²) in [6.07, 6.45) is 7.21. The van der Waals surface area contributed by atoms with Gasteiger partial charge >= 0.3 is 0 Å². The molecule has 1 aliphatic heterocycles. The molecular weight excluding hydrogens is 380 g/mol. The van der Waals surface area contributed by atoms with Crippen molar-refractivity contribution in [3.05, 3.63) is 59.7 Å². The molecule has 1 fully saturated rings. The maximum atomic E-state index is 13.0. The molecule has 3 heterocycles. The number of amides is 1. The van der Waals surface area contributed by atoms with E-state index in [0.717, 1.165) is 61.2 Å². The van der Waals surface area contributed by atoms with Gasteiger partial charge in [-0.2, -0.15) is 4.98 Å². The Morgan fingerprint density at radius 2 is 2.23 bits per heavy atom. The van der Waals surface area contributed by atoms with Crippen molar-refractivity contribution in [2.75, 3.05) is 20.2 Å². The number of aromatic nitrogens is 3. The average molecular weight is 406 g/mol. The van der Waals surface area contributed by atoms with Gasteiger partial charge in [-0.15, -0.1) is 0 Å². The van der Waals surface area contributed by atoms with Crippen LogP contribution in [0.2, 0.25) is 0 Å². The lowest BCUT2D eigenvalue weighted by Gasteiger charge is -2.33. The summed E-state index contributed by atoms with van der Waals surface area (Å²) >= 11 is 0. The minimum Gasteiger partial charge on any atom is -0.497 e. The number of likely N-dealkylation sites (tertiary alicyclic amines) is 1. The maximum Gasteiger partial charge on any atom is 0.259 e. The predicted octanol–water partition coefficient (Wildman–Crippen LogP) is 3.93. The lowest BCUT2D eigenvalue weighted by atomic mass is 9.92. The molecule has 7 nitrogen and oxygen atoms in total. The number of pyridine rings is 1. The van der Waals surface area contributed by atoms with Crippen LogP contribution in [0.25, 0.3) is 11.5 Å². The zero-order chi connectivity index (χ0) is 20.9. The molecular formula is C23H26N4O3. The van der Waals surface area contributed by atoms with E-state index >= 15 is 0 Å². The quantitative estimate of drug-likeness (QED) is 0.617. The number of carbonyl (C=O) groups excluding carboxylic acids is 1. The predicted molar refractivity (Wildman–Crippen MR) is 112 cm³/mol. The summed E-state index contributed by atoms with van der Waals surface area (Å²) in [4.78, 5) is 23.6. The molecule has 1 aromatic carbocycles. The lowest BCUT2D eigenvalue weighted by Crippen LogP contribution is -2.40. The Morgan fingerprint density at radius 3 is 3.00 bits per heavy atom. The summed E-state index contributed by atoms with van der Waals surface area (Å²) < 4.78 is 10.6. The van der Waals surface area contributed by atoms with Crippen molar-refractivity contribution in [2.24, 2.45) is 5.92 Å². The molecule has 0 spiro atoms. The molecule has 0 saturated carbocycles. The number of aryl methyl sites for hydroxylation is 2. The van der Waals surface area contributed by atoms with E-state index in [1.54, 1.807) is 19.5 Å². The van der Waals surface area contributed by atoms with Gasteiger partial charge in [-0.25, -0.2) is 0 Å². The Labute approximate surface area is 176 Å². The van der Waals surface area contributed by atoms with E-state index in [2.05, 4.69) is 15.1 Å². The Morgan fingerprint density at radius 1 is 1.33 bits per heavy atom. The van der Waals surface area contributed by atoms with Gasteiger partial charge < -0.3 is 14.2 Å². The van der Waals surface area contributed by atoms with Crippen LogP contribution in [0, 0.1) is 12.8 Å². The van der Waals surface area contributed by atoms with Crippen molar-refractivity contribution < 1.29 is 14.1 Å². The molecule has 1 aliphatic rings. The Balaban J connectivity index is 1.35. The molecule has 4 rings (SSSR count). The van der Waals surface area contributed by atoms with Crippen LogP contribution in [-0.4, -0.2) is 46.1 Å². The van der Waals surface area contributed by atoms with E-state index in [1.165, 1.54) is 0 Å². The van der Waals surface area contributed by atoms with Crippen molar-refractivity contribution >= 4 is 5.91 Å². The van der Waals surface area contributed by atoms with Crippen LogP contribution >= 0.6 is 0 Å². The first-order valence-electron chi connectivity index (χ1n) is 10.3. The summed E-state index contributed by atoms with van der Waals surface area (Å²) in [6.45, 7) is 3.51. The van der Waals surface area contributed by atoms with E-state index in [9.17, 15) is 4.79 Å². The van der Waals surface area contributed by atoms with Crippen molar-refractivity contribution in [1.29, 1.82) is 0 Å². The third-order valence-corrected chi connectivity index (χ3v) is 5.62. The van der Waals surface area contributed by atoms with E-state index < -0.39 is 0 Å². The summed E-state index contributed by atoms with van der Waals surface area (Å²) in [5.41, 5.74) is 2.51. The average Bonchev–Trinajstić information content (AvgIpc) is 3.27. The second-order valence-corrected chi connectivity index (χ2v) is 7.74. The van der Waals surface area contributed by atoms with E-state index in [1.807, 2.05) is 42.2 Å². The highest BCUT2D eigenvalue weighted by molar-refractivity contribution is 5.95. The lowest BCUT2D eigenvalue weighted by molar-refractivity contribution is 0.0667. The van der Waals surface area contributed by atoms with Crippen LogP contribution in [0.1, 0.15) is 41.0 Å². The van der Waals surface area contributed by atoms with Gasteiger partial charge in [-0.3, -0.25) is 9.78 Å². The highest BCUT2D eigenvalue weighted by atomic mass is 16.5. The van der Waals surface area contributed by atoms with Gasteiger partial charge in [0.1, 0.15) is 5.75 Å². The molecule has 0 radical (unpaired) electrons. The summed E-state index contributed by atoms with van der Waals surface area (Å²) in [5, 5.41) is 4.10. The van der Waals surface area contributed by atoms with Gasteiger partial charge in [-0.1, -0.05) is 5.16 Å². The fourth-order valence-electron chi connectivity index (χ4n) is 3.95. The van der Waals surface area contributed by atoms with E-state index in [0.29, 0.717) is 17.6 Å². The zero-order valence-electron chi connectivity index (χ0n) is 17.4. The van der Waals surface area contributed by atoms with Crippen LogP contribution in [0.15, 0.2) is 47.2 Å². The first-order chi connectivity index (χ1) is 14.6. The molecule has 0 bridgehead atoms. The van der Waals surface area contributed by atoms with Crippen molar-refractivity contribution in [3.63, 3.8) is 0 Å². The number of methoxy groups -OCH3 is 1. The van der Waals surface area contributed by atoms with Gasteiger partial charge in [0.2, 0.25) is 0 Å². The summed E-state index contributed by atoms with van der Waals surface area (Å²) in [5.74, 6) is 2.49. The number of benzene rings is 1. The van der Waals surface area contributed by atoms with Gasteiger partial charge in [-0.05, 0) is 68.0 Å². The number of hydrogen-bond acceptors (Lipinski definition) is 6. The third-order valence-electron chi connectivity index (χ3n) is 5.62. The molecule has 30 heavy (non-hydrogen) atoms. The van der Waals surface area contributed by atoms with Gasteiger partial charge in [0.05, 0.1) is 12.7 Å². The fraction of sp³-hybridized carbons (Fsp3) is 0.391. The second-order valence-electron chi connectivity index (χ2n) is 7.74. The van der Waals surface area contributed by atoms with Crippen molar-refractivity contribution in [2.45, 2.75) is 32.6 Å². The molecule has 2 aromatic heterocycles. The minimum atomic E-state index is 0.0956. The smallest absolute Gasteiger partial charge is 0.259 e. The molecule has 1 unspecified atom stereocenters. The van der Waals surface area contributed by atoms with Crippen LogP contribution in [0.3, 0.4) is 0 Å². The standard InChI is InChI=1S/C23H26N4O3/c1-16-13-19(29-2)8-9-20(16)23(28)27-12-4-5-17(15-27)7-10-21-25-22(30-26-21)18-6-3-11-24-14-18/h3,6,8-9,11,13-14,17H,4-5,7,10,12,15H2,1-2H3. The normalized spacial score (nSPS) is 16.5. The van der Waals surface area contributed by atoms with Crippen LogP contribution < -0.4 is 4.74 Å². The molecule has 156 valence electrons. The van der Waals surface area contributed by atoms with Crippen LogP contribution in [0.4, 0.5) is 0 Å². The summed E-state index contributed by atoms with van der Waals surface area (Å²) in [7, 11) is 1.63. The first kappa shape index (κ1) is 20.1. The van der Waals surface area contributed by atoms with Gasteiger partial charge in [0.25, 0.3) is 11.8 Å². The molecule has 1 atom stereocenters. The monoisotopic (exact) mass is 406 g/mol. The number of ether oxygens (including phenoxy) is 1. The van der Waals surface area contributed by atoms with Crippen molar-refractivity contribution in [1.82, 2.24) is 20.0 Å². The SMILES string of the molecule is COc1ccc(C(=O)N2CCCC(CCc3noc(-c4cccnc4)n3)C2)c(C)c1. The Hall–Kier alpha value is -3.22. The number of rotatable bonds is 6.